The summed E-state index contributed by atoms with van der Waals surface area (Å²) in [7, 11) is 1.84. The van der Waals surface area contributed by atoms with Crippen molar-refractivity contribution in [3.05, 3.63) is 50.6 Å². The van der Waals surface area contributed by atoms with E-state index in [2.05, 4.69) is 29.2 Å². The predicted octanol–water partition coefficient (Wildman–Crippen LogP) is 3.15. The minimum absolute atomic E-state index is 0.0540. The number of Topliss-reactive ketones (excluding diaryl/α,β-unsaturated/α-hetero) is 1. The van der Waals surface area contributed by atoms with Gasteiger partial charge in [0.05, 0.1) is 11.8 Å². The lowest BCUT2D eigenvalue weighted by Gasteiger charge is -2.29. The second-order valence-corrected chi connectivity index (χ2v) is 9.52. The van der Waals surface area contributed by atoms with Gasteiger partial charge in [-0.3, -0.25) is 4.79 Å². The molecule has 0 unspecified atom stereocenters. The Kier molecular flexibility index (Phi) is 5.00. The fourth-order valence-corrected chi connectivity index (χ4v) is 5.29. The summed E-state index contributed by atoms with van der Waals surface area (Å²) in [5.74, 6) is -1.12. The van der Waals surface area contributed by atoms with Crippen molar-refractivity contribution in [2.75, 3.05) is 7.05 Å². The van der Waals surface area contributed by atoms with Gasteiger partial charge in [0.25, 0.3) is 0 Å². The highest BCUT2D eigenvalue weighted by atomic mass is 32.1. The van der Waals surface area contributed by atoms with Crippen LogP contribution in [-0.4, -0.2) is 38.5 Å². The molecule has 0 saturated carbocycles. The van der Waals surface area contributed by atoms with Crippen LogP contribution >= 0.6 is 11.3 Å². The molecular weight excluding hydrogens is 388 g/mol. The number of nitrogens with zero attached hydrogens (tertiary/aromatic N) is 3. The number of rotatable bonds is 6. The van der Waals surface area contributed by atoms with Crippen molar-refractivity contribution in [2.24, 2.45) is 5.41 Å². The highest BCUT2D eigenvalue weighted by molar-refractivity contribution is 7.12. The van der Waals surface area contributed by atoms with Crippen LogP contribution in [0.5, 0.6) is 0 Å². The van der Waals surface area contributed by atoms with Crippen LogP contribution in [0, 0.1) is 5.41 Å². The van der Waals surface area contributed by atoms with Gasteiger partial charge in [-0.25, -0.2) is 14.3 Å². The first kappa shape index (κ1) is 19.7. The molecule has 29 heavy (non-hydrogen) atoms. The molecule has 3 aromatic heterocycles. The number of thiophene rings is 1. The quantitative estimate of drug-likeness (QED) is 0.604. The number of carbonyl (C=O) groups is 2. The number of carboxylic acids is 1. The van der Waals surface area contributed by atoms with Gasteiger partial charge in [0.15, 0.2) is 11.4 Å². The number of aryl methyl sites for hydroxylation is 1. The molecule has 0 amide bonds. The largest absolute Gasteiger partial charge is 0.478 e. The smallest absolute Gasteiger partial charge is 0.337 e. The molecule has 0 aromatic carbocycles. The van der Waals surface area contributed by atoms with E-state index in [-0.39, 0.29) is 17.6 Å². The third-order valence-electron chi connectivity index (χ3n) is 5.48. The van der Waals surface area contributed by atoms with E-state index in [1.807, 2.05) is 7.05 Å². The predicted molar refractivity (Wildman–Crippen MR) is 111 cm³/mol. The summed E-state index contributed by atoms with van der Waals surface area (Å²) in [5.41, 5.74) is 3.19. The number of aromatic carboxylic acids is 1. The summed E-state index contributed by atoms with van der Waals surface area (Å²) in [4.78, 5) is 31.2. The summed E-state index contributed by atoms with van der Waals surface area (Å²) in [6.45, 7) is 4.93. The molecule has 0 spiro atoms. The lowest BCUT2D eigenvalue weighted by atomic mass is 9.76. The molecular formula is C21H24N4O3S. The Labute approximate surface area is 172 Å². The van der Waals surface area contributed by atoms with E-state index in [0.717, 1.165) is 35.3 Å². The number of carbonyl (C=O) groups excluding carboxylic acids is 1. The van der Waals surface area contributed by atoms with E-state index >= 15 is 0 Å². The average Bonchev–Trinajstić information content (AvgIpc) is 3.21. The number of fused-ring (bicyclic) bond motifs is 2. The number of carboxylic acid groups (broad SMARTS) is 1. The van der Waals surface area contributed by atoms with Gasteiger partial charge in [0, 0.05) is 34.5 Å². The first-order valence-corrected chi connectivity index (χ1v) is 10.5. The van der Waals surface area contributed by atoms with Crippen molar-refractivity contribution in [3.63, 3.8) is 0 Å². The van der Waals surface area contributed by atoms with Gasteiger partial charge in [0.1, 0.15) is 5.69 Å². The molecule has 0 saturated heterocycles. The summed E-state index contributed by atoms with van der Waals surface area (Å²) in [6.07, 6.45) is 6.13. The minimum atomic E-state index is -0.946. The van der Waals surface area contributed by atoms with Gasteiger partial charge in [-0.15, -0.1) is 11.3 Å². The zero-order valence-electron chi connectivity index (χ0n) is 16.8. The van der Waals surface area contributed by atoms with Crippen molar-refractivity contribution < 1.29 is 14.7 Å². The van der Waals surface area contributed by atoms with Crippen molar-refractivity contribution in [3.8, 4) is 0 Å². The van der Waals surface area contributed by atoms with Crippen molar-refractivity contribution in [2.45, 2.75) is 46.1 Å². The Bertz CT molecular complexity index is 1110. The second kappa shape index (κ2) is 7.35. The SMILES string of the molecule is CNCc1cnn2ccc(C(=O)Cc3sc4c(c3C(=O)O)CC(C)(C)CC4)nc12. The number of ketones is 1. The standard InChI is InChI=1S/C21H24N4O3S/c1-21(2)6-4-16-13(9-21)18(20(27)28)17(29-16)8-15(26)14-5-7-25-19(24-14)12(10-22-3)11-23-25/h5,7,11,22H,4,6,8-10H2,1-3H3,(H,27,28). The van der Waals surface area contributed by atoms with Crippen LogP contribution in [0.4, 0.5) is 0 Å². The zero-order valence-corrected chi connectivity index (χ0v) is 17.6. The zero-order chi connectivity index (χ0) is 20.8. The Morgan fingerprint density at radius 1 is 1.38 bits per heavy atom. The van der Waals surface area contributed by atoms with E-state index < -0.39 is 5.97 Å². The van der Waals surface area contributed by atoms with E-state index in [4.69, 9.17) is 0 Å². The molecule has 0 radical (unpaired) electrons. The van der Waals surface area contributed by atoms with Crippen molar-refractivity contribution in [1.29, 1.82) is 0 Å². The topological polar surface area (TPSA) is 96.6 Å². The average molecular weight is 413 g/mol. The summed E-state index contributed by atoms with van der Waals surface area (Å²) in [5, 5.41) is 17.1. The van der Waals surface area contributed by atoms with Gasteiger partial charge in [-0.05, 0) is 43.4 Å². The summed E-state index contributed by atoms with van der Waals surface area (Å²) < 4.78 is 1.64. The van der Waals surface area contributed by atoms with E-state index in [9.17, 15) is 14.7 Å². The Balaban J connectivity index is 1.67. The minimum Gasteiger partial charge on any atom is -0.478 e. The van der Waals surface area contributed by atoms with Gasteiger partial charge in [0.2, 0.25) is 0 Å². The molecule has 7 nitrogen and oxygen atoms in total. The Morgan fingerprint density at radius 3 is 2.90 bits per heavy atom. The Hall–Kier alpha value is -2.58. The third kappa shape index (κ3) is 3.70. The van der Waals surface area contributed by atoms with Crippen LogP contribution < -0.4 is 5.32 Å². The molecule has 8 heteroatoms. The summed E-state index contributed by atoms with van der Waals surface area (Å²) >= 11 is 1.47. The van der Waals surface area contributed by atoms with Gasteiger partial charge >= 0.3 is 5.97 Å². The molecule has 0 atom stereocenters. The maximum Gasteiger partial charge on any atom is 0.337 e. The highest BCUT2D eigenvalue weighted by Crippen LogP contribution is 2.41. The van der Waals surface area contributed by atoms with E-state index in [0.29, 0.717) is 28.3 Å². The first-order valence-electron chi connectivity index (χ1n) is 9.67. The van der Waals surface area contributed by atoms with Crippen LogP contribution in [0.25, 0.3) is 5.65 Å². The van der Waals surface area contributed by atoms with Gasteiger partial charge < -0.3 is 10.4 Å². The lowest BCUT2D eigenvalue weighted by Crippen LogP contribution is -2.22. The molecule has 1 aliphatic rings. The molecule has 4 rings (SSSR count). The maximum atomic E-state index is 13.0. The van der Waals surface area contributed by atoms with E-state index in [1.165, 1.54) is 11.3 Å². The van der Waals surface area contributed by atoms with Crippen LogP contribution in [0.2, 0.25) is 0 Å². The second-order valence-electron chi connectivity index (χ2n) is 8.33. The maximum absolute atomic E-state index is 13.0. The molecule has 0 fully saturated rings. The first-order chi connectivity index (χ1) is 13.8. The number of aromatic nitrogens is 3. The summed E-state index contributed by atoms with van der Waals surface area (Å²) in [6, 6.07) is 1.64. The molecule has 0 bridgehead atoms. The number of hydrogen-bond acceptors (Lipinski definition) is 6. The van der Waals surface area contributed by atoms with Crippen molar-refractivity contribution in [1.82, 2.24) is 19.9 Å². The van der Waals surface area contributed by atoms with Crippen LogP contribution in [0.1, 0.15) is 62.0 Å². The fraction of sp³-hybridized carbons (Fsp3) is 0.429. The fourth-order valence-electron chi connectivity index (χ4n) is 3.97. The van der Waals surface area contributed by atoms with Crippen LogP contribution in [0.3, 0.4) is 0 Å². The van der Waals surface area contributed by atoms with Crippen LogP contribution in [-0.2, 0) is 25.8 Å². The molecule has 3 aromatic rings. The molecule has 1 aliphatic carbocycles. The third-order valence-corrected chi connectivity index (χ3v) is 6.77. The number of hydrogen-bond donors (Lipinski definition) is 2. The molecule has 3 heterocycles. The molecule has 2 N–H and O–H groups in total. The van der Waals surface area contributed by atoms with E-state index in [1.54, 1.807) is 23.0 Å². The van der Waals surface area contributed by atoms with Crippen molar-refractivity contribution >= 4 is 28.7 Å². The Morgan fingerprint density at radius 2 is 2.17 bits per heavy atom. The van der Waals surface area contributed by atoms with Gasteiger partial charge in [-0.2, -0.15) is 5.10 Å². The highest BCUT2D eigenvalue weighted by Gasteiger charge is 2.33. The normalized spacial score (nSPS) is 15.4. The van der Waals surface area contributed by atoms with Gasteiger partial charge in [-0.1, -0.05) is 13.8 Å². The lowest BCUT2D eigenvalue weighted by molar-refractivity contribution is 0.0694. The monoisotopic (exact) mass is 412 g/mol. The van der Waals surface area contributed by atoms with Crippen LogP contribution in [0.15, 0.2) is 18.5 Å². The molecule has 152 valence electrons. The number of nitrogens with one attached hydrogen (secondary N) is 1. The molecule has 0 aliphatic heterocycles.